The number of hydrogen-bond acceptors (Lipinski definition) is 2. The van der Waals surface area contributed by atoms with E-state index in [9.17, 15) is 0 Å². The second kappa shape index (κ2) is 7.31. The van der Waals surface area contributed by atoms with Crippen LogP contribution in [0.25, 0.3) is 0 Å². The first-order valence-corrected chi connectivity index (χ1v) is 7.12. The van der Waals surface area contributed by atoms with Crippen LogP contribution in [0.4, 0.5) is 0 Å². The van der Waals surface area contributed by atoms with Gasteiger partial charge in [-0.1, -0.05) is 30.3 Å². The maximum absolute atomic E-state index is 5.90. The third-order valence-corrected chi connectivity index (χ3v) is 3.43. The number of hydrogen-bond donors (Lipinski definition) is 0. The van der Waals surface area contributed by atoms with Gasteiger partial charge in [-0.25, -0.2) is 0 Å². The van der Waals surface area contributed by atoms with Gasteiger partial charge in [0.15, 0.2) is 0 Å². The second-order valence-electron chi connectivity index (χ2n) is 4.65. The van der Waals surface area contributed by atoms with Gasteiger partial charge in [-0.05, 0) is 11.6 Å². The van der Waals surface area contributed by atoms with Crippen LogP contribution >= 0.6 is 11.6 Å². The monoisotopic (exact) mass is 277 g/mol. The molecule has 1 heterocycles. The fraction of sp³-hybridized carbons (Fsp3) is 0.400. The maximum Gasteiger partial charge on any atom is 0.0492 e. The highest BCUT2D eigenvalue weighted by Gasteiger charge is 2.07. The summed E-state index contributed by atoms with van der Waals surface area (Å²) in [6.45, 7) is 2.86. The van der Waals surface area contributed by atoms with Gasteiger partial charge >= 0.3 is 0 Å². The van der Waals surface area contributed by atoms with Crippen LogP contribution < -0.4 is 0 Å². The molecule has 0 radical (unpaired) electrons. The first kappa shape index (κ1) is 14.1. The zero-order valence-electron chi connectivity index (χ0n) is 11.3. The molecule has 0 amide bonds. The second-order valence-corrected chi connectivity index (χ2v) is 5.02. The summed E-state index contributed by atoms with van der Waals surface area (Å²) in [4.78, 5) is 2.38. The fourth-order valence-corrected chi connectivity index (χ4v) is 2.39. The molecular weight excluding hydrogens is 258 g/mol. The molecule has 3 nitrogen and oxygen atoms in total. The molecule has 0 aliphatic heterocycles. The predicted octanol–water partition coefficient (Wildman–Crippen LogP) is 2.70. The Morgan fingerprint density at radius 3 is 2.58 bits per heavy atom. The highest BCUT2D eigenvalue weighted by molar-refractivity contribution is 6.18. The average molecular weight is 278 g/mol. The standard InChI is InChI=1S/C15H20ClN3/c1-18-15(7-10-17-18)8-11-19(12-9-16)13-14-5-3-2-4-6-14/h2-7,10H,8-9,11-13H2,1H3. The van der Waals surface area contributed by atoms with Gasteiger partial charge in [0.2, 0.25) is 0 Å². The molecule has 102 valence electrons. The van der Waals surface area contributed by atoms with Crippen molar-refractivity contribution in [1.82, 2.24) is 14.7 Å². The van der Waals surface area contributed by atoms with Crippen molar-refractivity contribution in [3.8, 4) is 0 Å². The van der Waals surface area contributed by atoms with Crippen LogP contribution in [0.3, 0.4) is 0 Å². The SMILES string of the molecule is Cn1nccc1CCN(CCCl)Cc1ccccc1. The minimum atomic E-state index is 0.665. The summed E-state index contributed by atoms with van der Waals surface area (Å²) in [5.74, 6) is 0.665. The number of nitrogens with zero attached hydrogens (tertiary/aromatic N) is 3. The lowest BCUT2D eigenvalue weighted by atomic mass is 10.2. The highest BCUT2D eigenvalue weighted by atomic mass is 35.5. The molecular formula is C15H20ClN3. The molecule has 0 aliphatic rings. The summed E-state index contributed by atoms with van der Waals surface area (Å²) in [6.07, 6.45) is 2.85. The number of benzene rings is 1. The molecule has 2 rings (SSSR count). The lowest BCUT2D eigenvalue weighted by molar-refractivity contribution is 0.283. The maximum atomic E-state index is 5.90. The van der Waals surface area contributed by atoms with E-state index < -0.39 is 0 Å². The van der Waals surface area contributed by atoms with Gasteiger partial charge in [-0.2, -0.15) is 5.10 Å². The third-order valence-electron chi connectivity index (χ3n) is 3.26. The normalized spacial score (nSPS) is 11.1. The Kier molecular flexibility index (Phi) is 5.43. The summed E-state index contributed by atoms with van der Waals surface area (Å²) >= 11 is 5.90. The summed E-state index contributed by atoms with van der Waals surface area (Å²) in [7, 11) is 1.98. The number of rotatable bonds is 7. The zero-order chi connectivity index (χ0) is 13.5. The van der Waals surface area contributed by atoms with Crippen molar-refractivity contribution < 1.29 is 0 Å². The summed E-state index contributed by atoms with van der Waals surface area (Å²) < 4.78 is 1.93. The van der Waals surface area contributed by atoms with E-state index in [0.717, 1.165) is 26.1 Å². The van der Waals surface area contributed by atoms with E-state index in [1.54, 1.807) is 0 Å². The van der Waals surface area contributed by atoms with Crippen LogP contribution in [0.15, 0.2) is 42.6 Å². The van der Waals surface area contributed by atoms with Crippen molar-refractivity contribution >= 4 is 11.6 Å². The third kappa shape index (κ3) is 4.37. The Morgan fingerprint density at radius 2 is 1.95 bits per heavy atom. The predicted molar refractivity (Wildman–Crippen MR) is 79.4 cm³/mol. The molecule has 0 unspecified atom stereocenters. The molecule has 19 heavy (non-hydrogen) atoms. The van der Waals surface area contributed by atoms with E-state index in [1.165, 1.54) is 11.3 Å². The van der Waals surface area contributed by atoms with Crippen LogP contribution in [0.2, 0.25) is 0 Å². The van der Waals surface area contributed by atoms with E-state index >= 15 is 0 Å². The van der Waals surface area contributed by atoms with Gasteiger partial charge in [0.05, 0.1) is 0 Å². The van der Waals surface area contributed by atoms with E-state index in [2.05, 4.69) is 40.3 Å². The van der Waals surface area contributed by atoms with E-state index in [-0.39, 0.29) is 0 Å². The molecule has 0 N–H and O–H groups in total. The Morgan fingerprint density at radius 1 is 1.16 bits per heavy atom. The van der Waals surface area contributed by atoms with Crippen molar-refractivity contribution in [3.05, 3.63) is 53.9 Å². The quantitative estimate of drug-likeness (QED) is 0.726. The molecule has 0 atom stereocenters. The van der Waals surface area contributed by atoms with Crippen molar-refractivity contribution in [2.24, 2.45) is 7.05 Å². The Hall–Kier alpha value is -1.32. The smallest absolute Gasteiger partial charge is 0.0492 e. The van der Waals surface area contributed by atoms with Crippen molar-refractivity contribution in [3.63, 3.8) is 0 Å². The van der Waals surface area contributed by atoms with Crippen molar-refractivity contribution in [2.45, 2.75) is 13.0 Å². The first-order chi connectivity index (χ1) is 9.29. The number of alkyl halides is 1. The van der Waals surface area contributed by atoms with Crippen LogP contribution in [-0.2, 0) is 20.0 Å². The lowest BCUT2D eigenvalue weighted by Crippen LogP contribution is -2.28. The minimum absolute atomic E-state index is 0.665. The Labute approximate surface area is 119 Å². The van der Waals surface area contributed by atoms with Crippen LogP contribution in [0, 0.1) is 0 Å². The molecule has 4 heteroatoms. The zero-order valence-corrected chi connectivity index (χ0v) is 12.1. The number of aryl methyl sites for hydroxylation is 1. The Bertz CT molecular complexity index is 481. The average Bonchev–Trinajstić information content (AvgIpc) is 2.83. The van der Waals surface area contributed by atoms with Gasteiger partial charge in [-0.15, -0.1) is 11.6 Å². The molecule has 1 aromatic heterocycles. The van der Waals surface area contributed by atoms with Gasteiger partial charge in [-0.3, -0.25) is 9.58 Å². The van der Waals surface area contributed by atoms with E-state index in [0.29, 0.717) is 5.88 Å². The van der Waals surface area contributed by atoms with Gasteiger partial charge in [0.1, 0.15) is 0 Å². The van der Waals surface area contributed by atoms with Crippen LogP contribution in [-0.4, -0.2) is 33.6 Å². The van der Waals surface area contributed by atoms with E-state index in [1.807, 2.05) is 24.0 Å². The fourth-order valence-electron chi connectivity index (χ4n) is 2.15. The van der Waals surface area contributed by atoms with Crippen LogP contribution in [0.5, 0.6) is 0 Å². The number of aromatic nitrogens is 2. The molecule has 0 aliphatic carbocycles. The van der Waals surface area contributed by atoms with E-state index in [4.69, 9.17) is 11.6 Å². The van der Waals surface area contributed by atoms with Crippen LogP contribution in [0.1, 0.15) is 11.3 Å². The summed E-state index contributed by atoms with van der Waals surface area (Å²) in [5.41, 5.74) is 2.59. The largest absolute Gasteiger partial charge is 0.298 e. The molecule has 2 aromatic rings. The minimum Gasteiger partial charge on any atom is -0.298 e. The molecule has 0 bridgehead atoms. The van der Waals surface area contributed by atoms with Gasteiger partial charge in [0, 0.05) is 50.9 Å². The summed E-state index contributed by atoms with van der Waals surface area (Å²) in [6, 6.07) is 12.6. The van der Waals surface area contributed by atoms with Gasteiger partial charge < -0.3 is 0 Å². The topological polar surface area (TPSA) is 21.1 Å². The Balaban J connectivity index is 1.91. The molecule has 0 fully saturated rings. The summed E-state index contributed by atoms with van der Waals surface area (Å²) in [5, 5.41) is 4.20. The van der Waals surface area contributed by atoms with Crippen molar-refractivity contribution in [1.29, 1.82) is 0 Å². The molecule has 0 spiro atoms. The first-order valence-electron chi connectivity index (χ1n) is 6.58. The highest BCUT2D eigenvalue weighted by Crippen LogP contribution is 2.07. The number of halogens is 1. The molecule has 1 aromatic carbocycles. The van der Waals surface area contributed by atoms with Gasteiger partial charge in [0.25, 0.3) is 0 Å². The van der Waals surface area contributed by atoms with Crippen molar-refractivity contribution in [2.75, 3.05) is 19.0 Å². The lowest BCUT2D eigenvalue weighted by Gasteiger charge is -2.21. The molecule has 0 saturated carbocycles. The molecule has 0 saturated heterocycles.